The molecule has 0 aliphatic carbocycles. The van der Waals surface area contributed by atoms with Crippen LogP contribution in [0.1, 0.15) is 11.1 Å². The number of ether oxygens (including phenoxy) is 4. The fourth-order valence-electron chi connectivity index (χ4n) is 2.37. The minimum atomic E-state index is 0.394. The Kier molecular flexibility index (Phi) is 9.46. The van der Waals surface area contributed by atoms with Crippen molar-refractivity contribution in [2.75, 3.05) is 13.2 Å². The summed E-state index contributed by atoms with van der Waals surface area (Å²) in [5.41, 5.74) is 2.28. The lowest BCUT2D eigenvalue weighted by molar-refractivity contribution is -0.121. The molecule has 0 unspecified atom stereocenters. The molecule has 0 N–H and O–H groups in total. The summed E-state index contributed by atoms with van der Waals surface area (Å²) in [6.45, 7) is 5.71. The highest BCUT2D eigenvalue weighted by atomic mass is 16.5. The molecule has 0 heterocycles. The third-order valence-corrected chi connectivity index (χ3v) is 3.82. The third kappa shape index (κ3) is 8.48. The van der Waals surface area contributed by atoms with Crippen LogP contribution < -0.4 is 18.9 Å². The van der Waals surface area contributed by atoms with E-state index in [0.29, 0.717) is 43.4 Å². The van der Waals surface area contributed by atoms with Crippen molar-refractivity contribution in [1.82, 2.24) is 0 Å². The summed E-state index contributed by atoms with van der Waals surface area (Å²) in [7, 11) is 0. The molecule has 0 amide bonds. The number of carbonyl (C=O) groups is 2. The molecule has 3 aromatic carbocycles. The molecule has 6 heteroatoms. The molecular formula is C24H24O6. The molecule has 0 saturated carbocycles. The first-order valence-corrected chi connectivity index (χ1v) is 9.30. The molecule has 0 atom stereocenters. The summed E-state index contributed by atoms with van der Waals surface area (Å²) in [6.07, 6.45) is 0. The van der Waals surface area contributed by atoms with Crippen molar-refractivity contribution in [1.29, 1.82) is 0 Å². The maximum atomic E-state index is 10.2. The quantitative estimate of drug-likeness (QED) is 0.383. The van der Waals surface area contributed by atoms with Gasteiger partial charge in [0.2, 0.25) is 0 Å². The second-order valence-electron chi connectivity index (χ2n) is 6.23. The molecule has 3 aromatic rings. The van der Waals surface area contributed by atoms with Crippen LogP contribution in [0, 0.1) is 13.8 Å². The Labute approximate surface area is 176 Å². The minimum absolute atomic E-state index is 0.394. The van der Waals surface area contributed by atoms with E-state index in [0.717, 1.165) is 11.3 Å². The number of carbonyl (C=O) groups excluding carboxylic acids is 2. The molecule has 0 fully saturated rings. The van der Waals surface area contributed by atoms with Crippen molar-refractivity contribution in [2.24, 2.45) is 0 Å². The van der Waals surface area contributed by atoms with E-state index in [-0.39, 0.29) is 0 Å². The second kappa shape index (κ2) is 12.6. The van der Waals surface area contributed by atoms with E-state index in [4.69, 9.17) is 14.2 Å². The van der Waals surface area contributed by atoms with Crippen molar-refractivity contribution in [3.05, 3.63) is 83.9 Å². The lowest BCUT2D eigenvalue weighted by atomic mass is 10.2. The standard InChI is InChI=1S/C16H16O4.C8H8O2/c1-13-2-4-14(5-3-13)18-10-11-19-15-6-8-16(9-7-15)20-12-17;1-7-3-2-4-8(5-7)10-6-9/h2-9,12H,10-11H2,1H3;2-6H,1H3. The summed E-state index contributed by atoms with van der Waals surface area (Å²) in [5, 5.41) is 0. The monoisotopic (exact) mass is 408 g/mol. The fraction of sp³-hybridized carbons (Fsp3) is 0.167. The minimum Gasteiger partial charge on any atom is -0.490 e. The molecule has 0 aliphatic rings. The van der Waals surface area contributed by atoms with Crippen LogP contribution in [0.4, 0.5) is 0 Å². The van der Waals surface area contributed by atoms with Gasteiger partial charge in [0.05, 0.1) is 0 Å². The molecule has 0 aromatic heterocycles. The van der Waals surface area contributed by atoms with Gasteiger partial charge in [0.15, 0.2) is 0 Å². The molecule has 0 radical (unpaired) electrons. The first kappa shape index (κ1) is 22.5. The number of hydrogen-bond donors (Lipinski definition) is 0. The van der Waals surface area contributed by atoms with E-state index >= 15 is 0 Å². The van der Waals surface area contributed by atoms with Crippen molar-refractivity contribution in [2.45, 2.75) is 13.8 Å². The van der Waals surface area contributed by atoms with Gasteiger partial charge in [0.1, 0.15) is 36.2 Å². The SMILES string of the molecule is Cc1ccc(OCCOc2ccc(OC=O)cc2)cc1.Cc1cccc(OC=O)c1. The summed E-state index contributed by atoms with van der Waals surface area (Å²) < 4.78 is 20.4. The molecule has 6 nitrogen and oxygen atoms in total. The predicted molar refractivity (Wildman–Crippen MR) is 113 cm³/mol. The third-order valence-electron chi connectivity index (χ3n) is 3.82. The Hall–Kier alpha value is -3.80. The molecule has 0 saturated heterocycles. The van der Waals surface area contributed by atoms with Crippen molar-refractivity contribution in [3.63, 3.8) is 0 Å². The van der Waals surface area contributed by atoms with Gasteiger partial charge in [-0.05, 0) is 67.9 Å². The summed E-state index contributed by atoms with van der Waals surface area (Å²) in [5.74, 6) is 2.61. The average molecular weight is 408 g/mol. The Balaban J connectivity index is 0.000000269. The lowest BCUT2D eigenvalue weighted by Crippen LogP contribution is -2.08. The Bertz CT molecular complexity index is 904. The molecule has 0 bridgehead atoms. The van der Waals surface area contributed by atoms with Gasteiger partial charge < -0.3 is 18.9 Å². The highest BCUT2D eigenvalue weighted by Crippen LogP contribution is 2.17. The first-order valence-electron chi connectivity index (χ1n) is 9.30. The predicted octanol–water partition coefficient (Wildman–Crippen LogP) is 4.52. The van der Waals surface area contributed by atoms with Gasteiger partial charge in [0.25, 0.3) is 12.9 Å². The van der Waals surface area contributed by atoms with Crippen LogP contribution in [0.25, 0.3) is 0 Å². The van der Waals surface area contributed by atoms with Gasteiger partial charge in [-0.25, -0.2) is 0 Å². The van der Waals surface area contributed by atoms with Crippen LogP contribution in [0.5, 0.6) is 23.0 Å². The van der Waals surface area contributed by atoms with Crippen LogP contribution in [-0.2, 0) is 9.59 Å². The molecule has 3 rings (SSSR count). The number of hydrogen-bond acceptors (Lipinski definition) is 6. The molecular weight excluding hydrogens is 384 g/mol. The number of aryl methyl sites for hydroxylation is 2. The Morgan fingerprint density at radius 1 is 0.600 bits per heavy atom. The Morgan fingerprint density at radius 2 is 1.10 bits per heavy atom. The lowest BCUT2D eigenvalue weighted by Gasteiger charge is -2.08. The van der Waals surface area contributed by atoms with E-state index in [9.17, 15) is 9.59 Å². The van der Waals surface area contributed by atoms with E-state index < -0.39 is 0 Å². The maximum Gasteiger partial charge on any atom is 0.298 e. The molecule has 156 valence electrons. The maximum absolute atomic E-state index is 10.2. The summed E-state index contributed by atoms with van der Waals surface area (Å²) in [4.78, 5) is 20.0. The average Bonchev–Trinajstić information content (AvgIpc) is 2.75. The zero-order valence-corrected chi connectivity index (χ0v) is 16.9. The van der Waals surface area contributed by atoms with Crippen molar-refractivity contribution in [3.8, 4) is 23.0 Å². The van der Waals surface area contributed by atoms with Crippen LogP contribution in [0.2, 0.25) is 0 Å². The topological polar surface area (TPSA) is 71.1 Å². The number of benzene rings is 3. The van der Waals surface area contributed by atoms with E-state index in [1.807, 2.05) is 50.2 Å². The molecule has 0 spiro atoms. The molecule has 0 aliphatic heterocycles. The van der Waals surface area contributed by atoms with Crippen molar-refractivity contribution >= 4 is 12.9 Å². The first-order chi connectivity index (χ1) is 14.6. The second-order valence-corrected chi connectivity index (χ2v) is 6.23. The van der Waals surface area contributed by atoms with Gasteiger partial charge in [-0.2, -0.15) is 0 Å². The van der Waals surface area contributed by atoms with Gasteiger partial charge in [-0.15, -0.1) is 0 Å². The summed E-state index contributed by atoms with van der Waals surface area (Å²) in [6, 6.07) is 22.0. The zero-order chi connectivity index (χ0) is 21.6. The van der Waals surface area contributed by atoms with Crippen LogP contribution in [0.15, 0.2) is 72.8 Å². The normalized spacial score (nSPS) is 9.53. The highest BCUT2D eigenvalue weighted by molar-refractivity contribution is 5.46. The smallest absolute Gasteiger partial charge is 0.298 e. The van der Waals surface area contributed by atoms with Gasteiger partial charge >= 0.3 is 0 Å². The summed E-state index contributed by atoms with van der Waals surface area (Å²) >= 11 is 0. The van der Waals surface area contributed by atoms with Crippen molar-refractivity contribution < 1.29 is 28.5 Å². The Morgan fingerprint density at radius 3 is 1.63 bits per heavy atom. The zero-order valence-electron chi connectivity index (χ0n) is 16.9. The van der Waals surface area contributed by atoms with Gasteiger partial charge in [-0.1, -0.05) is 29.8 Å². The van der Waals surface area contributed by atoms with Crippen LogP contribution in [-0.4, -0.2) is 26.2 Å². The van der Waals surface area contributed by atoms with E-state index in [1.165, 1.54) is 5.56 Å². The number of rotatable bonds is 9. The van der Waals surface area contributed by atoms with E-state index in [2.05, 4.69) is 4.74 Å². The van der Waals surface area contributed by atoms with E-state index in [1.54, 1.807) is 36.4 Å². The van der Waals surface area contributed by atoms with Gasteiger partial charge in [0, 0.05) is 0 Å². The van der Waals surface area contributed by atoms with Crippen LogP contribution >= 0.6 is 0 Å². The fourth-order valence-corrected chi connectivity index (χ4v) is 2.37. The molecule has 30 heavy (non-hydrogen) atoms. The van der Waals surface area contributed by atoms with Crippen LogP contribution in [0.3, 0.4) is 0 Å². The van der Waals surface area contributed by atoms with Gasteiger partial charge in [-0.3, -0.25) is 9.59 Å². The highest BCUT2D eigenvalue weighted by Gasteiger charge is 1.97. The largest absolute Gasteiger partial charge is 0.490 e.